The normalized spacial score (nSPS) is 28.8. The van der Waals surface area contributed by atoms with Gasteiger partial charge in [0.15, 0.2) is 23.1 Å². The van der Waals surface area contributed by atoms with Gasteiger partial charge in [-0.05, 0) is 32.4 Å². The van der Waals surface area contributed by atoms with Gasteiger partial charge in [-0.15, -0.1) is 0 Å². The highest BCUT2D eigenvalue weighted by molar-refractivity contribution is 6.31. The van der Waals surface area contributed by atoms with E-state index in [0.717, 1.165) is 23.2 Å². The van der Waals surface area contributed by atoms with Crippen molar-refractivity contribution in [3.63, 3.8) is 0 Å². The van der Waals surface area contributed by atoms with Crippen LogP contribution in [0, 0.1) is 5.92 Å². The highest BCUT2D eigenvalue weighted by Crippen LogP contribution is 2.48. The smallest absolute Gasteiger partial charge is 0.196 e. The summed E-state index contributed by atoms with van der Waals surface area (Å²) in [6.07, 6.45) is 0.591. The van der Waals surface area contributed by atoms with Crippen LogP contribution in [0.1, 0.15) is 128 Å². The van der Waals surface area contributed by atoms with Crippen molar-refractivity contribution in [3.05, 3.63) is 128 Å². The Morgan fingerprint density at radius 2 is 0.961 bits per heavy atom. The molecule has 8 unspecified atom stereocenters. The number of hydrogen-bond acceptors (Lipinski definition) is 9. The summed E-state index contributed by atoms with van der Waals surface area (Å²) in [5.74, 6) is -0.0949. The number of aliphatic hydroxyl groups is 1. The molecule has 4 aliphatic heterocycles. The molecule has 4 bridgehead atoms. The van der Waals surface area contributed by atoms with Crippen LogP contribution in [0.3, 0.4) is 0 Å². The molecule has 0 radical (unpaired) electrons. The predicted molar refractivity (Wildman–Crippen MR) is 192 cm³/mol. The number of rotatable bonds is 0. The molecule has 2 saturated heterocycles. The predicted octanol–water partition coefficient (Wildman–Crippen LogP) is 6.85. The van der Waals surface area contributed by atoms with E-state index in [-0.39, 0.29) is 67.1 Å². The van der Waals surface area contributed by atoms with E-state index in [1.54, 1.807) is 60.7 Å². The standard InChI is InChI=1S/C21H19NO3.C20H17NO4.CH4/c1-10-11(2)25-17-9-16(10)22-19-14(17)7-8-15-18(19)21(24)13-6-4-3-5-12(13)20(15)23;1-9-18(22)14-8-15(25-9)12-6-7-13-16(17(12)21-14)20(24)11-5-3-2-4-10(11)19(13)23;/h3-8,10-11,16-17,22H,9H2,1-2H3;2-7,9,14-15,18,21-22H,8H2,1H3;1H4. The van der Waals surface area contributed by atoms with Gasteiger partial charge in [0.05, 0.1) is 53.0 Å². The van der Waals surface area contributed by atoms with Gasteiger partial charge >= 0.3 is 0 Å². The summed E-state index contributed by atoms with van der Waals surface area (Å²) in [6.45, 7) is 6.11. The summed E-state index contributed by atoms with van der Waals surface area (Å²) in [4.78, 5) is 52.0. The van der Waals surface area contributed by atoms with Gasteiger partial charge in [0.1, 0.15) is 6.10 Å². The number of hydrogen-bond donors (Lipinski definition) is 3. The van der Waals surface area contributed by atoms with E-state index in [2.05, 4.69) is 24.5 Å². The van der Waals surface area contributed by atoms with Crippen molar-refractivity contribution in [2.24, 2.45) is 5.92 Å². The van der Waals surface area contributed by atoms with Crippen LogP contribution < -0.4 is 10.6 Å². The summed E-state index contributed by atoms with van der Waals surface area (Å²) in [7, 11) is 0. The molecule has 4 heterocycles. The first kappa shape index (κ1) is 33.2. The van der Waals surface area contributed by atoms with Crippen LogP contribution >= 0.6 is 0 Å². The molecular weight excluding hydrogens is 644 g/mol. The van der Waals surface area contributed by atoms with Gasteiger partial charge in [0.2, 0.25) is 0 Å². The Kier molecular flexibility index (Phi) is 7.86. The maximum atomic E-state index is 13.2. The van der Waals surface area contributed by atoms with E-state index in [0.29, 0.717) is 62.5 Å². The van der Waals surface area contributed by atoms with Crippen molar-refractivity contribution in [2.45, 2.75) is 83.6 Å². The van der Waals surface area contributed by atoms with Crippen molar-refractivity contribution < 1.29 is 33.8 Å². The minimum Gasteiger partial charge on any atom is -0.388 e. The maximum absolute atomic E-state index is 13.2. The zero-order chi connectivity index (χ0) is 34.6. The average molecular weight is 685 g/mol. The molecule has 9 heteroatoms. The lowest BCUT2D eigenvalue weighted by molar-refractivity contribution is -0.119. The number of aliphatic hydroxyl groups excluding tert-OH is 1. The molecule has 2 aliphatic carbocycles. The fraction of sp³-hybridized carbons (Fsp3) is 0.333. The second-order valence-electron chi connectivity index (χ2n) is 14.3. The fourth-order valence-electron chi connectivity index (χ4n) is 8.66. The SMILES string of the molecule is C.CC1OC2CC(Nc3c2ccc2c3C(=O)c3ccccc3C2=O)C1C.CC1OC2CC(Nc3c2ccc2c3C(=O)c3ccccc3C2=O)C1O. The number of carbonyl (C=O) groups excluding carboxylic acids is 4. The molecule has 0 amide bonds. The number of anilines is 2. The third-order valence-electron chi connectivity index (χ3n) is 11.6. The van der Waals surface area contributed by atoms with Crippen LogP contribution in [0.4, 0.5) is 11.4 Å². The molecular formula is C42H40N2O7. The summed E-state index contributed by atoms with van der Waals surface area (Å²) in [5, 5.41) is 17.2. The second kappa shape index (κ2) is 12.1. The Morgan fingerprint density at radius 1 is 0.549 bits per heavy atom. The monoisotopic (exact) mass is 684 g/mol. The van der Waals surface area contributed by atoms with Crippen molar-refractivity contribution >= 4 is 34.5 Å². The molecule has 51 heavy (non-hydrogen) atoms. The molecule has 4 aromatic rings. The van der Waals surface area contributed by atoms with Crippen LogP contribution in [0.15, 0.2) is 72.8 Å². The minimum atomic E-state index is -0.651. The number of ketones is 4. The maximum Gasteiger partial charge on any atom is 0.196 e. The third-order valence-corrected chi connectivity index (χ3v) is 11.6. The van der Waals surface area contributed by atoms with Crippen LogP contribution in [0.5, 0.6) is 0 Å². The Balaban J connectivity index is 0.000000144. The highest BCUT2D eigenvalue weighted by atomic mass is 16.5. The summed E-state index contributed by atoms with van der Waals surface area (Å²) in [6, 6.07) is 21.4. The molecule has 10 rings (SSSR count). The molecule has 260 valence electrons. The van der Waals surface area contributed by atoms with Gasteiger partial charge in [0.25, 0.3) is 0 Å². The van der Waals surface area contributed by atoms with Crippen molar-refractivity contribution in [2.75, 3.05) is 10.6 Å². The van der Waals surface area contributed by atoms with Crippen LogP contribution in [0.25, 0.3) is 0 Å². The van der Waals surface area contributed by atoms with E-state index >= 15 is 0 Å². The first-order valence-electron chi connectivity index (χ1n) is 17.3. The number of ether oxygens (including phenoxy) is 2. The number of carbonyl (C=O) groups is 4. The molecule has 9 nitrogen and oxygen atoms in total. The van der Waals surface area contributed by atoms with Crippen LogP contribution in [-0.2, 0) is 9.47 Å². The lowest BCUT2D eigenvalue weighted by atomic mass is 9.77. The molecule has 0 aromatic heterocycles. The topological polar surface area (TPSA) is 131 Å². The largest absolute Gasteiger partial charge is 0.388 e. The molecule has 4 aromatic carbocycles. The van der Waals surface area contributed by atoms with Gasteiger partial charge in [-0.2, -0.15) is 0 Å². The third kappa shape index (κ3) is 4.86. The summed E-state index contributed by atoms with van der Waals surface area (Å²) < 4.78 is 12.1. The van der Waals surface area contributed by atoms with E-state index in [1.807, 2.05) is 19.1 Å². The minimum absolute atomic E-state index is 0. The lowest BCUT2D eigenvalue weighted by Crippen LogP contribution is -2.50. The molecule has 6 aliphatic rings. The lowest BCUT2D eigenvalue weighted by Gasteiger charge is -2.45. The molecule has 3 N–H and O–H groups in total. The van der Waals surface area contributed by atoms with E-state index < -0.39 is 6.10 Å². The Hall–Kier alpha value is -4.96. The van der Waals surface area contributed by atoms with Crippen molar-refractivity contribution in [3.8, 4) is 0 Å². The van der Waals surface area contributed by atoms with Gasteiger partial charge in [-0.25, -0.2) is 0 Å². The molecule has 8 atom stereocenters. The van der Waals surface area contributed by atoms with Crippen molar-refractivity contribution in [1.29, 1.82) is 0 Å². The summed E-state index contributed by atoms with van der Waals surface area (Å²) in [5.41, 5.74) is 7.01. The van der Waals surface area contributed by atoms with E-state index in [9.17, 15) is 24.3 Å². The first-order chi connectivity index (χ1) is 24.1. The number of fused-ring (bicyclic) bond motifs is 14. The van der Waals surface area contributed by atoms with E-state index in [4.69, 9.17) is 9.47 Å². The molecule has 2 fully saturated rings. The van der Waals surface area contributed by atoms with Crippen LogP contribution in [-0.4, -0.2) is 58.6 Å². The second-order valence-corrected chi connectivity index (χ2v) is 14.3. The van der Waals surface area contributed by atoms with Gasteiger partial charge in [0, 0.05) is 62.9 Å². The zero-order valence-corrected chi connectivity index (χ0v) is 27.9. The average Bonchev–Trinajstić information content (AvgIpc) is 3.13. The zero-order valence-electron chi connectivity index (χ0n) is 27.9. The highest BCUT2D eigenvalue weighted by Gasteiger charge is 2.45. The fourth-order valence-corrected chi connectivity index (χ4v) is 8.66. The van der Waals surface area contributed by atoms with Gasteiger partial charge < -0.3 is 25.2 Å². The van der Waals surface area contributed by atoms with Crippen molar-refractivity contribution in [1.82, 2.24) is 0 Å². The number of benzene rings is 4. The Morgan fingerprint density at radius 3 is 1.45 bits per heavy atom. The van der Waals surface area contributed by atoms with Gasteiger partial charge in [-0.3, -0.25) is 19.2 Å². The Bertz CT molecular complexity index is 2020. The van der Waals surface area contributed by atoms with E-state index in [1.165, 1.54) is 0 Å². The summed E-state index contributed by atoms with van der Waals surface area (Å²) >= 11 is 0. The Labute approximate surface area is 296 Å². The van der Waals surface area contributed by atoms with Crippen LogP contribution in [0.2, 0.25) is 0 Å². The molecule has 0 saturated carbocycles. The number of nitrogens with one attached hydrogen (secondary N) is 2. The first-order valence-corrected chi connectivity index (χ1v) is 17.3. The molecule has 0 spiro atoms. The van der Waals surface area contributed by atoms with Gasteiger partial charge in [-0.1, -0.05) is 75.0 Å². The quantitative estimate of drug-likeness (QED) is 0.157.